The fourth-order valence-corrected chi connectivity index (χ4v) is 0.279. The van der Waals surface area contributed by atoms with Crippen LogP contribution in [0.1, 0.15) is 6.92 Å². The van der Waals surface area contributed by atoms with E-state index in [0.29, 0.717) is 0 Å². The van der Waals surface area contributed by atoms with Crippen LogP contribution in [0.25, 0.3) is 0 Å². The summed E-state index contributed by atoms with van der Waals surface area (Å²) in [6, 6.07) is -1.00. The summed E-state index contributed by atoms with van der Waals surface area (Å²) < 4.78 is 4.31. The molecule has 0 heterocycles. The predicted molar refractivity (Wildman–Crippen MR) is 36.9 cm³/mol. The molecule has 5 N–H and O–H groups in total. The molecule has 0 radical (unpaired) electrons. The maximum absolute atomic E-state index is 10.4. The van der Waals surface area contributed by atoms with Crippen LogP contribution in [0.2, 0.25) is 0 Å². The summed E-state index contributed by atoms with van der Waals surface area (Å²) in [7, 11) is 0. The lowest BCUT2D eigenvalue weighted by Crippen LogP contribution is -2.51. The Morgan fingerprint density at radius 1 is 1.58 bits per heavy atom. The van der Waals surface area contributed by atoms with Crippen molar-refractivity contribution in [3.63, 3.8) is 0 Å². The maximum Gasteiger partial charge on any atom is 0.529 e. The predicted octanol–water partition coefficient (Wildman–Crippen LogP) is -1.17. The molecule has 70 valence electrons. The van der Waals surface area contributed by atoms with Gasteiger partial charge in [0.15, 0.2) is 0 Å². The molecule has 2 amide bonds. The minimum Gasteiger partial charge on any atom is -0.433 e. The van der Waals surface area contributed by atoms with Crippen LogP contribution in [0.15, 0.2) is 0 Å². The van der Waals surface area contributed by atoms with E-state index in [1.807, 2.05) is 0 Å². The summed E-state index contributed by atoms with van der Waals surface area (Å²) in [5, 5.41) is 0.289. The number of rotatable bonds is 3. The second-order valence-electron chi connectivity index (χ2n) is 1.58. The van der Waals surface area contributed by atoms with Gasteiger partial charge in [0.25, 0.3) is 0 Å². The van der Waals surface area contributed by atoms with E-state index < -0.39 is 12.2 Å². The lowest BCUT2D eigenvalue weighted by Gasteiger charge is -2.12. The second kappa shape index (κ2) is 5.16. The summed E-state index contributed by atoms with van der Waals surface area (Å²) in [4.78, 5) is 24.7. The van der Waals surface area contributed by atoms with Crippen LogP contribution in [0.5, 0.6) is 0 Å². The summed E-state index contributed by atoms with van der Waals surface area (Å²) in [6.07, 6.45) is -1.01. The highest BCUT2D eigenvalue weighted by molar-refractivity contribution is 5.70. The van der Waals surface area contributed by atoms with Crippen molar-refractivity contribution in [2.75, 3.05) is 6.61 Å². The third-order valence-electron chi connectivity index (χ3n) is 0.727. The van der Waals surface area contributed by atoms with Crippen LogP contribution >= 0.6 is 0 Å². The van der Waals surface area contributed by atoms with Crippen molar-refractivity contribution in [1.82, 2.24) is 10.7 Å². The van der Waals surface area contributed by atoms with E-state index in [1.54, 1.807) is 12.5 Å². The molecule has 8 heteroatoms. The maximum atomic E-state index is 10.4. The van der Waals surface area contributed by atoms with Crippen molar-refractivity contribution in [2.24, 2.45) is 11.6 Å². The highest BCUT2D eigenvalue weighted by Crippen LogP contribution is 1.80. The molecule has 0 aromatic heterocycles. The Kier molecular flexibility index (Phi) is 4.49. The number of nitrogens with zero attached hydrogens (tertiary/aromatic N) is 1. The molecule has 0 atom stereocenters. The van der Waals surface area contributed by atoms with Crippen molar-refractivity contribution in [3.8, 4) is 0 Å². The van der Waals surface area contributed by atoms with Gasteiger partial charge in [-0.25, -0.2) is 15.4 Å². The first-order valence-electron chi connectivity index (χ1n) is 3.01. The first kappa shape index (κ1) is 10.5. The SMILES string of the molecule is CCOC(=O)ONN(N)C(N)=O. The van der Waals surface area contributed by atoms with Crippen LogP contribution in [-0.4, -0.2) is 23.9 Å². The molecule has 0 rings (SSSR count). The van der Waals surface area contributed by atoms with Crippen LogP contribution in [-0.2, 0) is 9.57 Å². The zero-order valence-corrected chi connectivity index (χ0v) is 6.44. The molecule has 8 nitrogen and oxygen atoms in total. The van der Waals surface area contributed by atoms with E-state index in [9.17, 15) is 9.59 Å². The van der Waals surface area contributed by atoms with Crippen LogP contribution in [0, 0.1) is 0 Å². The molecule has 0 aromatic rings. The number of hydrogen-bond acceptors (Lipinski definition) is 6. The Morgan fingerprint density at radius 3 is 2.58 bits per heavy atom. The van der Waals surface area contributed by atoms with E-state index in [4.69, 9.17) is 5.84 Å². The number of primary amides is 1. The standard InChI is InChI=1S/C4H10N4O4/c1-2-11-4(10)12-7-8(6)3(5)9/h7H,2,6H2,1H3,(H2,5,9). The molecule has 0 aromatic carbocycles. The molecule has 0 aliphatic rings. The van der Waals surface area contributed by atoms with Gasteiger partial charge < -0.3 is 15.3 Å². The van der Waals surface area contributed by atoms with Crippen LogP contribution < -0.4 is 17.2 Å². The van der Waals surface area contributed by atoms with E-state index in [-0.39, 0.29) is 11.7 Å². The van der Waals surface area contributed by atoms with Gasteiger partial charge in [-0.3, -0.25) is 0 Å². The van der Waals surface area contributed by atoms with Crippen LogP contribution in [0.3, 0.4) is 0 Å². The fraction of sp³-hybridized carbons (Fsp3) is 0.500. The third kappa shape index (κ3) is 4.30. The number of urea groups is 1. The molecular weight excluding hydrogens is 168 g/mol. The molecular formula is C4H10N4O4. The van der Waals surface area contributed by atoms with Gasteiger partial charge in [-0.1, -0.05) is 0 Å². The lowest BCUT2D eigenvalue weighted by molar-refractivity contribution is -0.0458. The largest absolute Gasteiger partial charge is 0.529 e. The first-order chi connectivity index (χ1) is 5.57. The summed E-state index contributed by atoms with van der Waals surface area (Å²) in [6.45, 7) is 1.75. The minimum absolute atomic E-state index is 0.154. The average Bonchev–Trinajstić information content (AvgIpc) is 2.00. The van der Waals surface area contributed by atoms with Gasteiger partial charge in [0, 0.05) is 0 Å². The molecule has 0 bridgehead atoms. The Morgan fingerprint density at radius 2 is 2.17 bits per heavy atom. The van der Waals surface area contributed by atoms with E-state index in [0.717, 1.165) is 0 Å². The van der Waals surface area contributed by atoms with Crippen molar-refractivity contribution < 1.29 is 19.2 Å². The van der Waals surface area contributed by atoms with Gasteiger partial charge in [0.05, 0.1) is 6.61 Å². The molecule has 0 saturated heterocycles. The van der Waals surface area contributed by atoms with Crippen molar-refractivity contribution in [1.29, 1.82) is 0 Å². The quantitative estimate of drug-likeness (QED) is 0.217. The molecule has 0 unspecified atom stereocenters. The minimum atomic E-state index is -1.01. The number of hydrogen-bond donors (Lipinski definition) is 3. The Bertz CT molecular complexity index is 172. The van der Waals surface area contributed by atoms with Gasteiger partial charge in [-0.15, -0.1) is 0 Å². The van der Waals surface area contributed by atoms with Gasteiger partial charge >= 0.3 is 12.2 Å². The van der Waals surface area contributed by atoms with Gasteiger partial charge in [-0.2, -0.15) is 5.12 Å². The van der Waals surface area contributed by atoms with Crippen molar-refractivity contribution in [3.05, 3.63) is 0 Å². The topological polar surface area (TPSA) is 120 Å². The van der Waals surface area contributed by atoms with Crippen molar-refractivity contribution >= 4 is 12.2 Å². The lowest BCUT2D eigenvalue weighted by atomic mass is 10.9. The number of hydrazine groups is 2. The number of carbonyl (C=O) groups is 2. The van der Waals surface area contributed by atoms with Crippen molar-refractivity contribution in [2.45, 2.75) is 6.92 Å². The number of carbonyl (C=O) groups excluding carboxylic acids is 2. The summed E-state index contributed by atoms with van der Waals surface area (Å²) >= 11 is 0. The highest BCUT2D eigenvalue weighted by atomic mass is 16.8. The molecule has 0 spiro atoms. The smallest absolute Gasteiger partial charge is 0.433 e. The summed E-state index contributed by atoms with van der Waals surface area (Å²) in [5.74, 6) is 4.88. The molecule has 0 aliphatic carbocycles. The van der Waals surface area contributed by atoms with Gasteiger partial charge in [0.2, 0.25) is 0 Å². The Balaban J connectivity index is 3.54. The van der Waals surface area contributed by atoms with E-state index in [1.165, 1.54) is 0 Å². The number of nitrogens with one attached hydrogen (secondary N) is 1. The zero-order valence-electron chi connectivity index (χ0n) is 6.44. The Hall–Kier alpha value is -1.54. The summed E-state index contributed by atoms with van der Waals surface area (Å²) in [5.41, 5.74) is 6.39. The normalized spacial score (nSPS) is 8.83. The number of ether oxygens (including phenoxy) is 1. The molecule has 12 heavy (non-hydrogen) atoms. The van der Waals surface area contributed by atoms with Gasteiger partial charge in [0.1, 0.15) is 0 Å². The second-order valence-corrected chi connectivity index (χ2v) is 1.58. The monoisotopic (exact) mass is 178 g/mol. The third-order valence-corrected chi connectivity index (χ3v) is 0.727. The highest BCUT2D eigenvalue weighted by Gasteiger charge is 2.07. The van der Waals surface area contributed by atoms with Crippen LogP contribution in [0.4, 0.5) is 9.59 Å². The Labute approximate surface area is 68.3 Å². The number of amides is 2. The van der Waals surface area contributed by atoms with E-state index in [2.05, 4.69) is 15.3 Å². The van der Waals surface area contributed by atoms with E-state index >= 15 is 0 Å². The average molecular weight is 178 g/mol. The zero-order chi connectivity index (χ0) is 9.56. The molecule has 0 saturated carbocycles. The number of nitrogens with two attached hydrogens (primary N) is 2. The fourth-order valence-electron chi connectivity index (χ4n) is 0.279. The molecule has 0 aliphatic heterocycles. The van der Waals surface area contributed by atoms with Gasteiger partial charge in [-0.05, 0) is 12.5 Å². The molecule has 0 fully saturated rings. The first-order valence-corrected chi connectivity index (χ1v) is 3.01.